The lowest BCUT2D eigenvalue weighted by Gasteiger charge is -2.26. The average molecular weight is 422 g/mol. The lowest BCUT2D eigenvalue weighted by Crippen LogP contribution is -2.40. The molecule has 2 aromatic carbocycles. The summed E-state index contributed by atoms with van der Waals surface area (Å²) in [6, 6.07) is 12.1. The van der Waals surface area contributed by atoms with Gasteiger partial charge < -0.3 is 14.8 Å². The van der Waals surface area contributed by atoms with Gasteiger partial charge in [-0.1, -0.05) is 12.1 Å². The zero-order valence-corrected chi connectivity index (χ0v) is 16.7. The van der Waals surface area contributed by atoms with E-state index in [1.54, 1.807) is 12.1 Å². The normalized spacial score (nSPS) is 15.1. The number of halogens is 1. The Morgan fingerprint density at radius 3 is 2.38 bits per heavy atom. The van der Waals surface area contributed by atoms with Gasteiger partial charge in [0.1, 0.15) is 11.6 Å². The Hall–Kier alpha value is -2.49. The topological polar surface area (TPSA) is 84.9 Å². The molecule has 0 unspecified atom stereocenters. The number of amides is 1. The number of hydrogen-bond acceptors (Lipinski definition) is 5. The molecule has 1 heterocycles. The van der Waals surface area contributed by atoms with Crippen LogP contribution in [0.3, 0.4) is 0 Å². The minimum absolute atomic E-state index is 0.176. The molecule has 1 N–H and O–H groups in total. The Labute approximate surface area is 169 Å². The van der Waals surface area contributed by atoms with E-state index in [-0.39, 0.29) is 23.2 Å². The number of carbonyl (C=O) groups excluding carboxylic acids is 1. The zero-order chi connectivity index (χ0) is 20.7. The molecular weight excluding hydrogens is 399 g/mol. The highest BCUT2D eigenvalue weighted by molar-refractivity contribution is 7.89. The summed E-state index contributed by atoms with van der Waals surface area (Å²) in [6.07, 6.45) is 0.583. The summed E-state index contributed by atoms with van der Waals surface area (Å²) in [7, 11) is -3.56. The van der Waals surface area contributed by atoms with Crippen LogP contribution in [0.5, 0.6) is 5.75 Å². The van der Waals surface area contributed by atoms with Crippen LogP contribution in [0.2, 0.25) is 0 Å². The van der Waals surface area contributed by atoms with Gasteiger partial charge >= 0.3 is 0 Å². The Morgan fingerprint density at radius 2 is 1.72 bits per heavy atom. The number of hydrogen-bond donors (Lipinski definition) is 1. The molecule has 1 saturated heterocycles. The van der Waals surface area contributed by atoms with Crippen LogP contribution in [0.25, 0.3) is 0 Å². The maximum Gasteiger partial charge on any atom is 0.257 e. The molecule has 156 valence electrons. The maximum atomic E-state index is 12.9. The van der Waals surface area contributed by atoms with Gasteiger partial charge in [-0.25, -0.2) is 12.8 Å². The van der Waals surface area contributed by atoms with Gasteiger partial charge in [0.25, 0.3) is 5.91 Å². The standard InChI is InChI=1S/C20H23FN2O5S/c21-17-3-1-16(2-4-17)9-10-22-20(24)15-28-18-5-7-19(8-6-18)29(25,26)23-11-13-27-14-12-23/h1-8H,9-15H2,(H,22,24). The van der Waals surface area contributed by atoms with E-state index in [0.717, 1.165) is 5.56 Å². The number of nitrogens with zero attached hydrogens (tertiary/aromatic N) is 1. The van der Waals surface area contributed by atoms with Gasteiger partial charge in [0, 0.05) is 19.6 Å². The molecule has 2 aromatic rings. The number of nitrogens with one attached hydrogen (secondary N) is 1. The SMILES string of the molecule is O=C(COc1ccc(S(=O)(=O)N2CCOCC2)cc1)NCCc1ccc(F)cc1. The fourth-order valence-corrected chi connectivity index (χ4v) is 4.25. The van der Waals surface area contributed by atoms with E-state index in [2.05, 4.69) is 5.32 Å². The third-order valence-corrected chi connectivity index (χ3v) is 6.36. The Morgan fingerprint density at radius 1 is 1.07 bits per heavy atom. The second-order valence-corrected chi connectivity index (χ2v) is 8.44. The maximum absolute atomic E-state index is 12.9. The van der Waals surface area contributed by atoms with E-state index < -0.39 is 10.0 Å². The quantitative estimate of drug-likeness (QED) is 0.698. The molecule has 29 heavy (non-hydrogen) atoms. The van der Waals surface area contributed by atoms with Gasteiger partial charge in [0.15, 0.2) is 6.61 Å². The van der Waals surface area contributed by atoms with Crippen molar-refractivity contribution in [1.82, 2.24) is 9.62 Å². The highest BCUT2D eigenvalue weighted by Gasteiger charge is 2.26. The van der Waals surface area contributed by atoms with Crippen LogP contribution in [0.4, 0.5) is 4.39 Å². The molecular formula is C20H23FN2O5S. The van der Waals surface area contributed by atoms with Crippen LogP contribution in [0.15, 0.2) is 53.4 Å². The average Bonchev–Trinajstić information content (AvgIpc) is 2.74. The van der Waals surface area contributed by atoms with E-state index >= 15 is 0 Å². The predicted octanol–water partition coefficient (Wildman–Crippen LogP) is 1.58. The summed E-state index contributed by atoms with van der Waals surface area (Å²) in [6.45, 7) is 1.66. The second-order valence-electron chi connectivity index (χ2n) is 6.50. The fraction of sp³-hybridized carbons (Fsp3) is 0.350. The van der Waals surface area contributed by atoms with Crippen molar-refractivity contribution in [3.05, 3.63) is 59.9 Å². The molecule has 1 amide bonds. The van der Waals surface area contributed by atoms with Gasteiger partial charge in [0.05, 0.1) is 18.1 Å². The van der Waals surface area contributed by atoms with Gasteiger partial charge in [-0.15, -0.1) is 0 Å². The molecule has 0 atom stereocenters. The summed E-state index contributed by atoms with van der Waals surface area (Å²) in [5.41, 5.74) is 0.921. The minimum Gasteiger partial charge on any atom is -0.484 e. The molecule has 1 aliphatic rings. The van der Waals surface area contributed by atoms with Gasteiger partial charge in [0.2, 0.25) is 10.0 Å². The summed E-state index contributed by atoms with van der Waals surface area (Å²) < 4.78 is 50.0. The first-order valence-electron chi connectivity index (χ1n) is 9.27. The van der Waals surface area contributed by atoms with E-state index in [4.69, 9.17) is 9.47 Å². The van der Waals surface area contributed by atoms with Crippen LogP contribution < -0.4 is 10.1 Å². The lowest BCUT2D eigenvalue weighted by atomic mass is 10.1. The van der Waals surface area contributed by atoms with Crippen molar-refractivity contribution in [2.45, 2.75) is 11.3 Å². The third kappa shape index (κ3) is 5.99. The molecule has 3 rings (SSSR count). The number of carbonyl (C=O) groups is 1. The number of sulfonamides is 1. The van der Waals surface area contributed by atoms with Crippen molar-refractivity contribution in [2.24, 2.45) is 0 Å². The van der Waals surface area contributed by atoms with Crippen molar-refractivity contribution >= 4 is 15.9 Å². The van der Waals surface area contributed by atoms with E-state index in [9.17, 15) is 17.6 Å². The fourth-order valence-electron chi connectivity index (χ4n) is 2.84. The molecule has 0 bridgehead atoms. The molecule has 0 aliphatic carbocycles. The zero-order valence-electron chi connectivity index (χ0n) is 15.8. The van der Waals surface area contributed by atoms with Crippen molar-refractivity contribution < 1.29 is 27.1 Å². The van der Waals surface area contributed by atoms with Crippen LogP contribution in [-0.2, 0) is 26.0 Å². The number of benzene rings is 2. The molecule has 7 nitrogen and oxygen atoms in total. The first-order valence-corrected chi connectivity index (χ1v) is 10.7. The molecule has 0 aromatic heterocycles. The molecule has 0 radical (unpaired) electrons. The van der Waals surface area contributed by atoms with Gasteiger partial charge in [-0.05, 0) is 48.4 Å². The summed E-state index contributed by atoms with van der Waals surface area (Å²) in [4.78, 5) is 12.1. The van der Waals surface area contributed by atoms with Crippen molar-refractivity contribution in [1.29, 1.82) is 0 Å². The predicted molar refractivity (Wildman–Crippen MR) is 105 cm³/mol. The smallest absolute Gasteiger partial charge is 0.257 e. The summed E-state index contributed by atoms with van der Waals surface area (Å²) >= 11 is 0. The summed E-state index contributed by atoms with van der Waals surface area (Å²) in [5, 5.41) is 2.72. The number of rotatable bonds is 8. The third-order valence-electron chi connectivity index (χ3n) is 4.45. The number of ether oxygens (including phenoxy) is 2. The lowest BCUT2D eigenvalue weighted by molar-refractivity contribution is -0.123. The van der Waals surface area contributed by atoms with Crippen LogP contribution >= 0.6 is 0 Å². The monoisotopic (exact) mass is 422 g/mol. The van der Waals surface area contributed by atoms with E-state index in [0.29, 0.717) is 45.0 Å². The molecule has 0 spiro atoms. The first-order chi connectivity index (χ1) is 13.9. The molecule has 9 heteroatoms. The van der Waals surface area contributed by atoms with E-state index in [1.807, 2.05) is 0 Å². The highest BCUT2D eigenvalue weighted by Crippen LogP contribution is 2.20. The largest absolute Gasteiger partial charge is 0.484 e. The van der Waals surface area contributed by atoms with Crippen LogP contribution in [0.1, 0.15) is 5.56 Å². The Kier molecular flexibility index (Phi) is 7.18. The number of morpholine rings is 1. The highest BCUT2D eigenvalue weighted by atomic mass is 32.2. The van der Waals surface area contributed by atoms with Crippen molar-refractivity contribution in [3.8, 4) is 5.75 Å². The first kappa shape index (κ1) is 21.2. The molecule has 0 saturated carbocycles. The van der Waals surface area contributed by atoms with Crippen molar-refractivity contribution in [2.75, 3.05) is 39.5 Å². The minimum atomic E-state index is -3.56. The second kappa shape index (κ2) is 9.82. The molecule has 1 aliphatic heterocycles. The van der Waals surface area contributed by atoms with Gasteiger partial charge in [-0.2, -0.15) is 4.31 Å². The van der Waals surface area contributed by atoms with Crippen LogP contribution in [-0.4, -0.2) is 58.1 Å². The van der Waals surface area contributed by atoms with Crippen LogP contribution in [0, 0.1) is 5.82 Å². The Bertz CT molecular complexity index is 911. The van der Waals surface area contributed by atoms with E-state index in [1.165, 1.54) is 40.7 Å². The Balaban J connectivity index is 1.44. The molecule has 1 fully saturated rings. The van der Waals surface area contributed by atoms with Gasteiger partial charge in [-0.3, -0.25) is 4.79 Å². The summed E-state index contributed by atoms with van der Waals surface area (Å²) in [5.74, 6) is -0.188. The van der Waals surface area contributed by atoms with Crippen molar-refractivity contribution in [3.63, 3.8) is 0 Å².